The van der Waals surface area contributed by atoms with Crippen LogP contribution in [-0.4, -0.2) is 35.0 Å². The molecule has 68 valence electrons. The molecule has 0 bridgehead atoms. The zero-order valence-electron chi connectivity index (χ0n) is 6.64. The third-order valence-electron chi connectivity index (χ3n) is 2.89. The van der Waals surface area contributed by atoms with Crippen LogP contribution in [0.5, 0.6) is 0 Å². The summed E-state index contributed by atoms with van der Waals surface area (Å²) >= 11 is 0. The van der Waals surface area contributed by atoms with Crippen molar-refractivity contribution >= 4 is 5.97 Å². The maximum Gasteiger partial charge on any atom is 0.306 e. The molecule has 0 aromatic heterocycles. The smallest absolute Gasteiger partial charge is 0.306 e. The number of fused-ring (bicyclic) bond motifs is 1. The summed E-state index contributed by atoms with van der Waals surface area (Å²) in [6, 6.07) is 0. The van der Waals surface area contributed by atoms with Gasteiger partial charge < -0.3 is 14.9 Å². The molecule has 1 unspecified atom stereocenters. The first-order valence-electron chi connectivity index (χ1n) is 4.20. The SMILES string of the molecule is O=C1C[C@H]2C(C[C@@H](O)[C@@H]2CO)O1. The number of ether oxygens (including phenoxy) is 1. The maximum absolute atomic E-state index is 10.8. The van der Waals surface area contributed by atoms with Gasteiger partial charge in [0, 0.05) is 24.9 Å². The summed E-state index contributed by atoms with van der Waals surface area (Å²) in [7, 11) is 0. The highest BCUT2D eigenvalue weighted by Gasteiger charge is 2.49. The van der Waals surface area contributed by atoms with E-state index < -0.39 is 6.10 Å². The van der Waals surface area contributed by atoms with Crippen LogP contribution in [0.1, 0.15) is 12.8 Å². The highest BCUT2D eigenvalue weighted by Crippen LogP contribution is 2.40. The van der Waals surface area contributed by atoms with Crippen LogP contribution in [0.4, 0.5) is 0 Å². The summed E-state index contributed by atoms with van der Waals surface area (Å²) in [5.41, 5.74) is 0. The Kier molecular flexibility index (Phi) is 1.81. The lowest BCUT2D eigenvalue weighted by molar-refractivity contribution is -0.141. The van der Waals surface area contributed by atoms with Crippen LogP contribution in [0.3, 0.4) is 0 Å². The molecule has 2 N–H and O–H groups in total. The monoisotopic (exact) mass is 172 g/mol. The van der Waals surface area contributed by atoms with Gasteiger partial charge in [0.25, 0.3) is 0 Å². The van der Waals surface area contributed by atoms with Gasteiger partial charge in [-0.2, -0.15) is 0 Å². The molecular weight excluding hydrogens is 160 g/mol. The van der Waals surface area contributed by atoms with Gasteiger partial charge in [0.05, 0.1) is 12.5 Å². The molecule has 2 fully saturated rings. The number of rotatable bonds is 1. The molecule has 4 heteroatoms. The normalized spacial score (nSPS) is 46.0. The van der Waals surface area contributed by atoms with Crippen LogP contribution in [0.2, 0.25) is 0 Å². The molecule has 1 saturated heterocycles. The summed E-state index contributed by atoms with van der Waals surface area (Å²) < 4.78 is 4.98. The van der Waals surface area contributed by atoms with Gasteiger partial charge in [-0.1, -0.05) is 0 Å². The molecule has 0 radical (unpaired) electrons. The van der Waals surface area contributed by atoms with Crippen LogP contribution < -0.4 is 0 Å². The molecule has 1 saturated carbocycles. The molecule has 4 atom stereocenters. The first-order chi connectivity index (χ1) is 5.72. The van der Waals surface area contributed by atoms with Crippen LogP contribution >= 0.6 is 0 Å². The van der Waals surface area contributed by atoms with Gasteiger partial charge in [0.2, 0.25) is 0 Å². The number of aliphatic hydroxyl groups is 2. The standard InChI is InChI=1S/C8H12O4/c9-3-5-4-1-8(11)12-7(4)2-6(5)10/h4-7,9-10H,1-3H2/t4-,5-,6-,7?/m1/s1. The lowest BCUT2D eigenvalue weighted by Gasteiger charge is -2.14. The van der Waals surface area contributed by atoms with Crippen LogP contribution in [0, 0.1) is 11.8 Å². The summed E-state index contributed by atoms with van der Waals surface area (Å²) in [4.78, 5) is 10.8. The molecular formula is C8H12O4. The van der Waals surface area contributed by atoms with Gasteiger partial charge in [-0.15, -0.1) is 0 Å². The summed E-state index contributed by atoms with van der Waals surface area (Å²) in [5, 5.41) is 18.4. The van der Waals surface area contributed by atoms with Crippen molar-refractivity contribution < 1.29 is 19.7 Å². The molecule has 2 rings (SSSR count). The first-order valence-corrected chi connectivity index (χ1v) is 4.20. The predicted molar refractivity (Wildman–Crippen MR) is 39.2 cm³/mol. The topological polar surface area (TPSA) is 66.8 Å². The summed E-state index contributed by atoms with van der Waals surface area (Å²) in [5.74, 6) is -0.325. The Morgan fingerprint density at radius 1 is 1.58 bits per heavy atom. The Balaban J connectivity index is 2.11. The minimum atomic E-state index is -0.502. The molecule has 2 aliphatic rings. The maximum atomic E-state index is 10.8. The van der Waals surface area contributed by atoms with E-state index in [1.807, 2.05) is 0 Å². The zero-order valence-corrected chi connectivity index (χ0v) is 6.64. The van der Waals surface area contributed by atoms with E-state index in [-0.39, 0.29) is 30.5 Å². The minimum Gasteiger partial charge on any atom is -0.462 e. The fourth-order valence-corrected chi connectivity index (χ4v) is 2.23. The molecule has 1 aliphatic carbocycles. The molecule has 0 spiro atoms. The molecule has 0 aromatic carbocycles. The van der Waals surface area contributed by atoms with Crippen molar-refractivity contribution in [3.63, 3.8) is 0 Å². The Morgan fingerprint density at radius 2 is 2.33 bits per heavy atom. The highest BCUT2D eigenvalue weighted by atomic mass is 16.6. The van der Waals surface area contributed by atoms with E-state index in [1.165, 1.54) is 0 Å². The lowest BCUT2D eigenvalue weighted by atomic mass is 9.93. The number of hydrogen-bond donors (Lipinski definition) is 2. The second kappa shape index (κ2) is 2.71. The lowest BCUT2D eigenvalue weighted by Crippen LogP contribution is -2.23. The molecule has 0 aromatic rings. The second-order valence-corrected chi connectivity index (χ2v) is 3.55. The Hall–Kier alpha value is -0.610. The third-order valence-corrected chi connectivity index (χ3v) is 2.89. The molecule has 4 nitrogen and oxygen atoms in total. The molecule has 1 heterocycles. The van der Waals surface area contributed by atoms with E-state index in [0.29, 0.717) is 12.8 Å². The van der Waals surface area contributed by atoms with Crippen molar-refractivity contribution in [3.8, 4) is 0 Å². The number of hydrogen-bond acceptors (Lipinski definition) is 4. The fraction of sp³-hybridized carbons (Fsp3) is 0.875. The summed E-state index contributed by atoms with van der Waals surface area (Å²) in [6.45, 7) is -0.0566. The molecule has 1 aliphatic heterocycles. The van der Waals surface area contributed by atoms with Gasteiger partial charge in [-0.05, 0) is 0 Å². The first kappa shape index (κ1) is 8.01. The van der Waals surface area contributed by atoms with E-state index in [9.17, 15) is 9.90 Å². The van der Waals surface area contributed by atoms with Crippen LogP contribution in [0.25, 0.3) is 0 Å². The average Bonchev–Trinajstić information content (AvgIpc) is 2.43. The summed E-state index contributed by atoms with van der Waals surface area (Å²) in [6.07, 6.45) is 0.192. The van der Waals surface area contributed by atoms with Crippen molar-refractivity contribution in [3.05, 3.63) is 0 Å². The molecule has 12 heavy (non-hydrogen) atoms. The van der Waals surface area contributed by atoms with Crippen molar-refractivity contribution in [1.29, 1.82) is 0 Å². The minimum absolute atomic E-state index is 0.0394. The van der Waals surface area contributed by atoms with Crippen molar-refractivity contribution in [2.24, 2.45) is 11.8 Å². The van der Waals surface area contributed by atoms with E-state index in [2.05, 4.69) is 0 Å². The Bertz CT molecular complexity index is 203. The number of carbonyl (C=O) groups is 1. The van der Waals surface area contributed by atoms with E-state index in [1.54, 1.807) is 0 Å². The third kappa shape index (κ3) is 1.03. The van der Waals surface area contributed by atoms with Crippen LogP contribution in [-0.2, 0) is 9.53 Å². The quantitative estimate of drug-likeness (QED) is 0.513. The van der Waals surface area contributed by atoms with Crippen molar-refractivity contribution in [1.82, 2.24) is 0 Å². The van der Waals surface area contributed by atoms with Gasteiger partial charge in [0.15, 0.2) is 0 Å². The molecule has 0 amide bonds. The van der Waals surface area contributed by atoms with Gasteiger partial charge >= 0.3 is 5.97 Å². The second-order valence-electron chi connectivity index (χ2n) is 3.55. The van der Waals surface area contributed by atoms with Gasteiger partial charge in [0.1, 0.15) is 6.10 Å². The highest BCUT2D eigenvalue weighted by molar-refractivity contribution is 5.72. The van der Waals surface area contributed by atoms with E-state index >= 15 is 0 Å². The number of carbonyl (C=O) groups excluding carboxylic acids is 1. The van der Waals surface area contributed by atoms with E-state index in [4.69, 9.17) is 9.84 Å². The Morgan fingerprint density at radius 3 is 3.00 bits per heavy atom. The zero-order chi connectivity index (χ0) is 8.72. The number of esters is 1. The van der Waals surface area contributed by atoms with Crippen molar-refractivity contribution in [2.45, 2.75) is 25.0 Å². The van der Waals surface area contributed by atoms with Gasteiger partial charge in [-0.3, -0.25) is 4.79 Å². The van der Waals surface area contributed by atoms with Gasteiger partial charge in [-0.25, -0.2) is 0 Å². The van der Waals surface area contributed by atoms with E-state index in [0.717, 1.165) is 0 Å². The average molecular weight is 172 g/mol. The Labute approximate surface area is 70.1 Å². The van der Waals surface area contributed by atoms with Crippen LogP contribution in [0.15, 0.2) is 0 Å². The largest absolute Gasteiger partial charge is 0.462 e. The fourth-order valence-electron chi connectivity index (χ4n) is 2.23. The predicted octanol–water partition coefficient (Wildman–Crippen LogP) is -0.709. The number of aliphatic hydroxyl groups excluding tert-OH is 2. The van der Waals surface area contributed by atoms with Crippen molar-refractivity contribution in [2.75, 3.05) is 6.61 Å².